The predicted octanol–water partition coefficient (Wildman–Crippen LogP) is 4.51. The Morgan fingerprint density at radius 1 is 1.19 bits per heavy atom. The van der Waals surface area contributed by atoms with Crippen LogP contribution in [0.3, 0.4) is 0 Å². The maximum atomic E-state index is 13.5. The first-order valence-corrected chi connectivity index (χ1v) is 8.66. The number of hydrogen-bond donors (Lipinski definition) is 0. The van der Waals surface area contributed by atoms with Crippen molar-refractivity contribution in [2.24, 2.45) is 0 Å². The number of ether oxygens (including phenoxy) is 1. The average Bonchev–Trinajstić information content (AvgIpc) is 2.72. The van der Waals surface area contributed by atoms with E-state index in [9.17, 15) is 22.4 Å². The summed E-state index contributed by atoms with van der Waals surface area (Å²) in [4.78, 5) is 12.0. The molecule has 0 aromatic heterocycles. The zero-order chi connectivity index (χ0) is 20.6. The van der Waals surface area contributed by atoms with Crippen LogP contribution < -0.4 is 0 Å². The van der Waals surface area contributed by atoms with Crippen molar-refractivity contribution in [3.63, 3.8) is 0 Å². The van der Waals surface area contributed by atoms with E-state index in [1.54, 1.807) is 34.6 Å². The Bertz CT molecular complexity index is 687. The summed E-state index contributed by atoms with van der Waals surface area (Å²) in [5.41, 5.74) is -3.03. The van der Waals surface area contributed by atoms with Gasteiger partial charge in [-0.25, -0.2) is 4.39 Å². The fraction of sp³-hybridized carbons (Fsp3) is 0.611. The lowest BCUT2D eigenvalue weighted by Crippen LogP contribution is -2.41. The molecule has 1 aromatic rings. The number of carbonyl (C=O) groups is 1. The molecule has 0 aliphatic carbocycles. The van der Waals surface area contributed by atoms with Gasteiger partial charge in [-0.3, -0.25) is 4.79 Å². The van der Waals surface area contributed by atoms with Crippen LogP contribution in [-0.2, 0) is 25.0 Å². The molecule has 0 bridgehead atoms. The van der Waals surface area contributed by atoms with Crippen LogP contribution >= 0.6 is 0 Å². The van der Waals surface area contributed by atoms with Crippen LogP contribution in [0, 0.1) is 5.82 Å². The summed E-state index contributed by atoms with van der Waals surface area (Å²) in [6.45, 7) is 8.70. The molecule has 0 amide bonds. The number of rotatable bonds is 5. The van der Waals surface area contributed by atoms with Gasteiger partial charge in [0.15, 0.2) is 0 Å². The molecule has 0 radical (unpaired) electrons. The topological polar surface area (TPSA) is 44.8 Å². The molecule has 1 fully saturated rings. The average molecular weight is 390 g/mol. The van der Waals surface area contributed by atoms with Crippen LogP contribution in [0.2, 0.25) is 0 Å². The maximum absolute atomic E-state index is 13.5. The fourth-order valence-electron chi connectivity index (χ4n) is 2.90. The molecule has 1 saturated heterocycles. The molecular weight excluding hydrogens is 367 g/mol. The van der Waals surface area contributed by atoms with Crippen molar-refractivity contribution in [3.8, 4) is 0 Å². The lowest BCUT2D eigenvalue weighted by molar-refractivity contribution is -0.144. The van der Waals surface area contributed by atoms with E-state index in [-0.39, 0.29) is 18.6 Å². The van der Waals surface area contributed by atoms with Crippen molar-refractivity contribution < 1.29 is 36.4 Å². The van der Waals surface area contributed by atoms with Gasteiger partial charge in [-0.15, -0.1) is 0 Å². The van der Waals surface area contributed by atoms with Crippen LogP contribution in [0.5, 0.6) is 0 Å². The summed E-state index contributed by atoms with van der Waals surface area (Å²) in [5, 5.41) is 0. The highest BCUT2D eigenvalue weighted by Gasteiger charge is 2.55. The Kier molecular flexibility index (Phi) is 5.97. The third-order valence-electron chi connectivity index (χ3n) is 5.01. The van der Waals surface area contributed by atoms with Crippen LogP contribution in [0.25, 0.3) is 0 Å². The number of halogens is 4. The molecule has 1 aromatic carbocycles. The monoisotopic (exact) mass is 390 g/mol. The SMILES string of the molecule is CCOC(=O)CC(B1OC(C)(C)C(C)(C)O1)c1ccc(F)cc1C(F)(F)F. The van der Waals surface area contributed by atoms with Crippen molar-refractivity contribution >= 4 is 13.1 Å². The van der Waals surface area contributed by atoms with E-state index in [2.05, 4.69) is 0 Å². The summed E-state index contributed by atoms with van der Waals surface area (Å²) in [6.07, 6.45) is -5.19. The summed E-state index contributed by atoms with van der Waals surface area (Å²) in [6, 6.07) is 2.36. The third-order valence-corrected chi connectivity index (χ3v) is 5.01. The summed E-state index contributed by atoms with van der Waals surface area (Å²) in [7, 11) is -1.12. The first-order chi connectivity index (χ1) is 12.3. The smallest absolute Gasteiger partial charge is 0.466 e. The summed E-state index contributed by atoms with van der Waals surface area (Å²) in [5.74, 6) is -2.81. The standard InChI is InChI=1S/C18H23BF4O4/c1-6-25-15(24)10-14(19-26-16(2,3)17(4,5)27-19)12-8-7-11(20)9-13(12)18(21,22)23/h7-9,14H,6,10H2,1-5H3. The minimum atomic E-state index is -4.80. The predicted molar refractivity (Wildman–Crippen MR) is 91.5 cm³/mol. The van der Waals surface area contributed by atoms with E-state index < -0.39 is 47.7 Å². The van der Waals surface area contributed by atoms with Crippen molar-refractivity contribution in [1.29, 1.82) is 0 Å². The van der Waals surface area contributed by atoms with Crippen LogP contribution in [0.4, 0.5) is 17.6 Å². The first kappa shape index (κ1) is 21.7. The van der Waals surface area contributed by atoms with E-state index in [4.69, 9.17) is 14.0 Å². The highest BCUT2D eigenvalue weighted by Crippen LogP contribution is 2.44. The zero-order valence-electron chi connectivity index (χ0n) is 15.9. The number of esters is 1. The van der Waals surface area contributed by atoms with Gasteiger partial charge < -0.3 is 14.0 Å². The highest BCUT2D eigenvalue weighted by molar-refractivity contribution is 6.48. The Morgan fingerprint density at radius 2 is 1.74 bits per heavy atom. The second kappa shape index (κ2) is 7.43. The van der Waals surface area contributed by atoms with Gasteiger partial charge in [-0.2, -0.15) is 13.2 Å². The maximum Gasteiger partial charge on any atom is 0.466 e. The second-order valence-electron chi connectivity index (χ2n) is 7.47. The van der Waals surface area contributed by atoms with Gasteiger partial charge in [0, 0.05) is 5.82 Å². The first-order valence-electron chi connectivity index (χ1n) is 8.66. The molecule has 4 nitrogen and oxygen atoms in total. The van der Waals surface area contributed by atoms with Crippen molar-refractivity contribution in [2.45, 2.75) is 64.2 Å². The molecule has 1 unspecified atom stereocenters. The molecule has 1 atom stereocenters. The lowest BCUT2D eigenvalue weighted by Gasteiger charge is -2.32. The van der Waals surface area contributed by atoms with Gasteiger partial charge in [0.2, 0.25) is 0 Å². The van der Waals surface area contributed by atoms with Crippen molar-refractivity contribution in [1.82, 2.24) is 0 Å². The van der Waals surface area contributed by atoms with E-state index in [0.717, 1.165) is 12.1 Å². The van der Waals surface area contributed by atoms with Gasteiger partial charge in [0.25, 0.3) is 0 Å². The Hall–Kier alpha value is -1.61. The molecule has 27 heavy (non-hydrogen) atoms. The lowest BCUT2D eigenvalue weighted by atomic mass is 9.65. The second-order valence-corrected chi connectivity index (χ2v) is 7.47. The molecule has 0 spiro atoms. The molecule has 2 rings (SSSR count). The van der Waals surface area contributed by atoms with E-state index >= 15 is 0 Å². The minimum absolute atomic E-state index is 0.0878. The highest BCUT2D eigenvalue weighted by atomic mass is 19.4. The van der Waals surface area contributed by atoms with Crippen LogP contribution in [0.15, 0.2) is 18.2 Å². The molecule has 0 saturated carbocycles. The van der Waals surface area contributed by atoms with E-state index in [0.29, 0.717) is 6.07 Å². The summed E-state index contributed by atoms with van der Waals surface area (Å²) < 4.78 is 70.6. The van der Waals surface area contributed by atoms with Gasteiger partial charge in [-0.05, 0) is 52.3 Å². The largest absolute Gasteiger partial charge is 0.466 e. The molecule has 9 heteroatoms. The molecule has 1 heterocycles. The Labute approximate surface area is 156 Å². The normalized spacial score (nSPS) is 19.8. The van der Waals surface area contributed by atoms with Crippen LogP contribution in [-0.4, -0.2) is 30.9 Å². The number of alkyl halides is 3. The van der Waals surface area contributed by atoms with E-state index in [1.165, 1.54) is 0 Å². The zero-order valence-corrected chi connectivity index (χ0v) is 15.9. The summed E-state index contributed by atoms with van der Waals surface area (Å²) >= 11 is 0. The van der Waals surface area contributed by atoms with E-state index in [1.807, 2.05) is 0 Å². The quantitative estimate of drug-likeness (QED) is 0.422. The van der Waals surface area contributed by atoms with Crippen molar-refractivity contribution in [3.05, 3.63) is 35.1 Å². The van der Waals surface area contributed by atoms with Crippen molar-refractivity contribution in [2.75, 3.05) is 6.61 Å². The van der Waals surface area contributed by atoms with Gasteiger partial charge in [-0.1, -0.05) is 6.07 Å². The third kappa shape index (κ3) is 4.63. The molecule has 0 N–H and O–H groups in total. The Morgan fingerprint density at radius 3 is 2.22 bits per heavy atom. The molecule has 1 aliphatic heterocycles. The van der Waals surface area contributed by atoms with Gasteiger partial charge in [0.05, 0.1) is 29.8 Å². The molecule has 1 aliphatic rings. The van der Waals surface area contributed by atoms with Crippen LogP contribution in [0.1, 0.15) is 58.0 Å². The molecular formula is C18H23BF4O4. The Balaban J connectivity index is 2.51. The van der Waals surface area contributed by atoms with Gasteiger partial charge in [0.1, 0.15) is 5.82 Å². The molecule has 150 valence electrons. The minimum Gasteiger partial charge on any atom is -0.466 e. The fourth-order valence-corrected chi connectivity index (χ4v) is 2.90. The van der Waals surface area contributed by atoms with Gasteiger partial charge >= 0.3 is 19.3 Å². The number of hydrogen-bond acceptors (Lipinski definition) is 4. The number of benzene rings is 1. The number of carbonyl (C=O) groups excluding carboxylic acids is 1.